The SMILES string of the molecule is NC(=O)c1c(-c2c(F)cccc2F)cn[nH]c1=O. The lowest BCUT2D eigenvalue weighted by Crippen LogP contribution is -2.25. The fourth-order valence-corrected chi connectivity index (χ4v) is 1.59. The number of benzene rings is 1. The van der Waals surface area contributed by atoms with Gasteiger partial charge in [-0.15, -0.1) is 0 Å². The molecule has 1 aromatic heterocycles. The molecule has 1 amide bonds. The predicted molar refractivity (Wildman–Crippen MR) is 58.7 cm³/mol. The first-order chi connectivity index (χ1) is 8.52. The third-order valence-electron chi connectivity index (χ3n) is 2.33. The second kappa shape index (κ2) is 4.36. The number of amides is 1. The summed E-state index contributed by atoms with van der Waals surface area (Å²) in [5.74, 6) is -2.91. The molecular weight excluding hydrogens is 244 g/mol. The largest absolute Gasteiger partial charge is 0.365 e. The third kappa shape index (κ3) is 1.86. The number of rotatable bonds is 2. The number of carbonyl (C=O) groups excluding carboxylic acids is 1. The molecule has 3 N–H and O–H groups in total. The van der Waals surface area contributed by atoms with Crippen LogP contribution in [0.1, 0.15) is 10.4 Å². The minimum atomic E-state index is -1.09. The van der Waals surface area contributed by atoms with Gasteiger partial charge in [0.05, 0.1) is 11.8 Å². The predicted octanol–water partition coefficient (Wildman–Crippen LogP) is 0.814. The molecule has 0 unspecified atom stereocenters. The number of hydrogen-bond donors (Lipinski definition) is 2. The molecule has 18 heavy (non-hydrogen) atoms. The van der Waals surface area contributed by atoms with Crippen molar-refractivity contribution in [3.8, 4) is 11.1 Å². The molecule has 0 atom stereocenters. The maximum Gasteiger partial charge on any atom is 0.277 e. The summed E-state index contributed by atoms with van der Waals surface area (Å²) in [6.45, 7) is 0. The van der Waals surface area contributed by atoms with Gasteiger partial charge < -0.3 is 5.73 Å². The highest BCUT2D eigenvalue weighted by molar-refractivity contribution is 5.99. The summed E-state index contributed by atoms with van der Waals surface area (Å²) in [7, 11) is 0. The van der Waals surface area contributed by atoms with Crippen LogP contribution in [0, 0.1) is 11.6 Å². The molecule has 5 nitrogen and oxygen atoms in total. The van der Waals surface area contributed by atoms with Crippen LogP contribution in [0.5, 0.6) is 0 Å². The first kappa shape index (κ1) is 11.9. The van der Waals surface area contributed by atoms with Gasteiger partial charge in [0.1, 0.15) is 17.2 Å². The third-order valence-corrected chi connectivity index (χ3v) is 2.33. The van der Waals surface area contributed by atoms with Crippen LogP contribution in [0.25, 0.3) is 11.1 Å². The van der Waals surface area contributed by atoms with E-state index in [1.54, 1.807) is 0 Å². The number of nitrogens with one attached hydrogen (secondary N) is 1. The Morgan fingerprint density at radius 2 is 1.89 bits per heavy atom. The maximum absolute atomic E-state index is 13.6. The molecule has 1 aromatic carbocycles. The van der Waals surface area contributed by atoms with E-state index in [2.05, 4.69) is 5.10 Å². The van der Waals surface area contributed by atoms with Gasteiger partial charge in [-0.1, -0.05) is 6.07 Å². The zero-order chi connectivity index (χ0) is 13.3. The molecular formula is C11H7F2N3O2. The first-order valence-corrected chi connectivity index (χ1v) is 4.84. The van der Waals surface area contributed by atoms with Crippen molar-refractivity contribution in [1.29, 1.82) is 0 Å². The van der Waals surface area contributed by atoms with Gasteiger partial charge in [-0.3, -0.25) is 9.59 Å². The number of hydrogen-bond acceptors (Lipinski definition) is 3. The topological polar surface area (TPSA) is 88.8 Å². The summed E-state index contributed by atoms with van der Waals surface area (Å²) >= 11 is 0. The van der Waals surface area contributed by atoms with Crippen molar-refractivity contribution in [2.24, 2.45) is 5.73 Å². The lowest BCUT2D eigenvalue weighted by molar-refractivity contribution is 0.0999. The number of nitrogens with zero attached hydrogens (tertiary/aromatic N) is 1. The van der Waals surface area contributed by atoms with E-state index < -0.39 is 34.2 Å². The summed E-state index contributed by atoms with van der Waals surface area (Å²) < 4.78 is 27.2. The Bertz CT molecular complexity index is 662. The van der Waals surface area contributed by atoms with Crippen molar-refractivity contribution in [1.82, 2.24) is 10.2 Å². The summed E-state index contributed by atoms with van der Waals surface area (Å²) in [6, 6.07) is 3.17. The van der Waals surface area contributed by atoms with Crippen LogP contribution in [0.3, 0.4) is 0 Å². The zero-order valence-electron chi connectivity index (χ0n) is 8.91. The molecule has 0 bridgehead atoms. The number of nitrogens with two attached hydrogens (primary N) is 1. The van der Waals surface area contributed by atoms with Crippen LogP contribution in [0.15, 0.2) is 29.2 Å². The number of carbonyl (C=O) groups is 1. The Hall–Kier alpha value is -2.57. The van der Waals surface area contributed by atoms with Crippen LogP contribution in [-0.2, 0) is 0 Å². The van der Waals surface area contributed by atoms with Crippen LogP contribution >= 0.6 is 0 Å². The normalized spacial score (nSPS) is 10.3. The van der Waals surface area contributed by atoms with Crippen molar-refractivity contribution >= 4 is 5.91 Å². The van der Waals surface area contributed by atoms with Crippen LogP contribution in [0.4, 0.5) is 8.78 Å². The highest BCUT2D eigenvalue weighted by atomic mass is 19.1. The van der Waals surface area contributed by atoms with E-state index in [1.165, 1.54) is 6.07 Å². The Morgan fingerprint density at radius 3 is 2.44 bits per heavy atom. The van der Waals surface area contributed by atoms with E-state index in [0.29, 0.717) is 0 Å². The molecule has 0 radical (unpaired) electrons. The van der Waals surface area contributed by atoms with E-state index in [1.807, 2.05) is 5.10 Å². The van der Waals surface area contributed by atoms with Gasteiger partial charge in [0.25, 0.3) is 11.5 Å². The minimum absolute atomic E-state index is 0.276. The number of aromatic amines is 1. The molecule has 92 valence electrons. The van der Waals surface area contributed by atoms with E-state index >= 15 is 0 Å². The van der Waals surface area contributed by atoms with E-state index in [9.17, 15) is 18.4 Å². The van der Waals surface area contributed by atoms with Crippen LogP contribution in [0.2, 0.25) is 0 Å². The maximum atomic E-state index is 13.6. The Kier molecular flexibility index (Phi) is 2.88. The average Bonchev–Trinajstić information content (AvgIpc) is 2.28. The van der Waals surface area contributed by atoms with E-state index in [-0.39, 0.29) is 5.56 Å². The zero-order valence-corrected chi connectivity index (χ0v) is 8.91. The van der Waals surface area contributed by atoms with Gasteiger partial charge in [0, 0.05) is 5.56 Å². The second-order valence-corrected chi connectivity index (χ2v) is 3.45. The van der Waals surface area contributed by atoms with E-state index in [0.717, 1.165) is 18.3 Å². The van der Waals surface area contributed by atoms with Gasteiger partial charge >= 0.3 is 0 Å². The molecule has 0 fully saturated rings. The molecule has 0 saturated carbocycles. The molecule has 0 saturated heterocycles. The highest BCUT2D eigenvalue weighted by Gasteiger charge is 2.20. The summed E-state index contributed by atoms with van der Waals surface area (Å²) in [5.41, 5.74) is 2.80. The van der Waals surface area contributed by atoms with Crippen molar-refractivity contribution in [3.63, 3.8) is 0 Å². The average molecular weight is 251 g/mol. The lowest BCUT2D eigenvalue weighted by Gasteiger charge is -2.07. The van der Waals surface area contributed by atoms with Gasteiger partial charge in [0.15, 0.2) is 0 Å². The number of primary amides is 1. The first-order valence-electron chi connectivity index (χ1n) is 4.84. The number of halogens is 2. The second-order valence-electron chi connectivity index (χ2n) is 3.45. The standard InChI is InChI=1S/C11H7F2N3O2/c12-6-2-1-3-7(13)8(6)5-4-15-16-11(18)9(5)10(14)17/h1-4H,(H2,14,17)(H,16,18). The molecule has 0 aliphatic carbocycles. The Balaban J connectivity index is 2.84. The van der Waals surface area contributed by atoms with Gasteiger partial charge in [-0.25, -0.2) is 13.9 Å². The van der Waals surface area contributed by atoms with Crippen molar-refractivity contribution in [2.45, 2.75) is 0 Å². The van der Waals surface area contributed by atoms with Gasteiger partial charge in [-0.05, 0) is 12.1 Å². The molecule has 2 aromatic rings. The molecule has 7 heteroatoms. The lowest BCUT2D eigenvalue weighted by atomic mass is 10.0. The monoisotopic (exact) mass is 251 g/mol. The van der Waals surface area contributed by atoms with Gasteiger partial charge in [-0.2, -0.15) is 5.10 Å². The summed E-state index contributed by atoms with van der Waals surface area (Å²) in [4.78, 5) is 22.6. The molecule has 2 rings (SSSR count). The molecule has 0 aliphatic rings. The van der Waals surface area contributed by atoms with Crippen LogP contribution < -0.4 is 11.3 Å². The Labute approximate surface area is 99.3 Å². The number of aromatic nitrogens is 2. The molecule has 1 heterocycles. The quantitative estimate of drug-likeness (QED) is 0.827. The molecule has 0 aliphatic heterocycles. The Morgan fingerprint density at radius 1 is 1.28 bits per heavy atom. The minimum Gasteiger partial charge on any atom is -0.365 e. The molecule has 0 spiro atoms. The highest BCUT2D eigenvalue weighted by Crippen LogP contribution is 2.26. The van der Waals surface area contributed by atoms with Gasteiger partial charge in [0.2, 0.25) is 0 Å². The fourth-order valence-electron chi connectivity index (χ4n) is 1.59. The van der Waals surface area contributed by atoms with Crippen molar-refractivity contribution < 1.29 is 13.6 Å². The summed E-state index contributed by atoms with van der Waals surface area (Å²) in [5, 5.41) is 5.39. The van der Waals surface area contributed by atoms with Crippen molar-refractivity contribution in [3.05, 3.63) is 51.9 Å². The number of H-pyrrole nitrogens is 1. The smallest absolute Gasteiger partial charge is 0.277 e. The summed E-state index contributed by atoms with van der Waals surface area (Å²) in [6.07, 6.45) is 0.975. The van der Waals surface area contributed by atoms with Crippen molar-refractivity contribution in [2.75, 3.05) is 0 Å². The van der Waals surface area contributed by atoms with Crippen LogP contribution in [-0.4, -0.2) is 16.1 Å². The fraction of sp³-hybridized carbons (Fsp3) is 0. The van der Waals surface area contributed by atoms with E-state index in [4.69, 9.17) is 5.73 Å².